The molecule has 2 aromatic carbocycles. The molecule has 1 heteroatoms. The third-order valence-electron chi connectivity index (χ3n) is 2.83. The Labute approximate surface area is 117 Å². The maximum atomic E-state index is 2.34. The Kier molecular flexibility index (Phi) is 4.00. The van der Waals surface area contributed by atoms with E-state index in [9.17, 15) is 0 Å². The molecule has 0 atom stereocenters. The Morgan fingerprint density at radius 2 is 1.53 bits per heavy atom. The van der Waals surface area contributed by atoms with Gasteiger partial charge in [0.05, 0.1) is 0 Å². The molecule has 0 aliphatic rings. The highest BCUT2D eigenvalue weighted by atomic mass is 127. The smallest absolute Gasteiger partial charge is 0.0136 e. The zero-order chi connectivity index (χ0) is 12.3. The molecule has 0 saturated carbocycles. The van der Waals surface area contributed by atoms with Crippen LogP contribution in [0.1, 0.15) is 22.3 Å². The standard InChI is InChI=1S/C16H15I/c1-12-5-3-6-13(2)16(12)10-9-14-7-4-8-15(17)11-14/h3-11H,1-2H3/b10-9+. The summed E-state index contributed by atoms with van der Waals surface area (Å²) in [6.07, 6.45) is 4.38. The second-order valence-corrected chi connectivity index (χ2v) is 5.44. The highest BCUT2D eigenvalue weighted by Crippen LogP contribution is 2.17. The van der Waals surface area contributed by atoms with Crippen molar-refractivity contribution in [1.82, 2.24) is 0 Å². The quantitative estimate of drug-likeness (QED) is 0.531. The maximum Gasteiger partial charge on any atom is 0.0136 e. The molecule has 0 aromatic heterocycles. The summed E-state index contributed by atoms with van der Waals surface area (Å²) in [6, 6.07) is 14.9. The van der Waals surface area contributed by atoms with E-state index in [1.165, 1.54) is 25.8 Å². The number of hydrogen-bond acceptors (Lipinski definition) is 0. The van der Waals surface area contributed by atoms with E-state index >= 15 is 0 Å². The largest absolute Gasteiger partial charge is 0.0617 e. The third-order valence-corrected chi connectivity index (χ3v) is 3.50. The predicted molar refractivity (Wildman–Crippen MR) is 84.0 cm³/mol. The normalized spacial score (nSPS) is 11.0. The summed E-state index contributed by atoms with van der Waals surface area (Å²) in [5.41, 5.74) is 5.23. The first-order chi connectivity index (χ1) is 8.16. The van der Waals surface area contributed by atoms with Gasteiger partial charge >= 0.3 is 0 Å². The molecule has 2 aromatic rings. The van der Waals surface area contributed by atoms with Gasteiger partial charge in [-0.05, 0) is 70.8 Å². The summed E-state index contributed by atoms with van der Waals surface area (Å²) in [5, 5.41) is 0. The average molecular weight is 334 g/mol. The van der Waals surface area contributed by atoms with Crippen molar-refractivity contribution in [2.75, 3.05) is 0 Å². The Bertz CT molecular complexity index is 533. The lowest BCUT2D eigenvalue weighted by Crippen LogP contribution is -1.84. The fourth-order valence-electron chi connectivity index (χ4n) is 1.88. The molecule has 0 N–H and O–H groups in total. The van der Waals surface area contributed by atoms with E-state index in [4.69, 9.17) is 0 Å². The predicted octanol–water partition coefficient (Wildman–Crippen LogP) is 5.08. The van der Waals surface area contributed by atoms with Crippen molar-refractivity contribution in [3.05, 3.63) is 68.3 Å². The van der Waals surface area contributed by atoms with Gasteiger partial charge in [-0.1, -0.05) is 42.5 Å². The second kappa shape index (κ2) is 5.50. The summed E-state index contributed by atoms with van der Waals surface area (Å²) in [7, 11) is 0. The summed E-state index contributed by atoms with van der Waals surface area (Å²) in [6.45, 7) is 4.31. The van der Waals surface area contributed by atoms with Crippen LogP contribution >= 0.6 is 22.6 Å². The Hall–Kier alpha value is -1.09. The van der Waals surface area contributed by atoms with Crippen LogP contribution in [0.15, 0.2) is 42.5 Å². The van der Waals surface area contributed by atoms with Gasteiger partial charge in [-0.3, -0.25) is 0 Å². The van der Waals surface area contributed by atoms with E-state index in [1.807, 2.05) is 0 Å². The van der Waals surface area contributed by atoms with E-state index < -0.39 is 0 Å². The van der Waals surface area contributed by atoms with E-state index in [1.54, 1.807) is 0 Å². The zero-order valence-corrected chi connectivity index (χ0v) is 12.2. The van der Waals surface area contributed by atoms with Gasteiger partial charge in [-0.2, -0.15) is 0 Å². The third kappa shape index (κ3) is 3.19. The lowest BCUT2D eigenvalue weighted by molar-refractivity contribution is 1.36. The lowest BCUT2D eigenvalue weighted by atomic mass is 10.0. The number of rotatable bonds is 2. The van der Waals surface area contributed by atoms with Crippen molar-refractivity contribution in [3.63, 3.8) is 0 Å². The molecule has 17 heavy (non-hydrogen) atoms. The van der Waals surface area contributed by atoms with Crippen molar-refractivity contribution >= 4 is 34.7 Å². The van der Waals surface area contributed by atoms with Crippen molar-refractivity contribution < 1.29 is 0 Å². The van der Waals surface area contributed by atoms with Gasteiger partial charge in [0, 0.05) is 3.57 Å². The molecule has 0 heterocycles. The number of hydrogen-bond donors (Lipinski definition) is 0. The molecule has 0 saturated heterocycles. The van der Waals surface area contributed by atoms with Gasteiger partial charge in [0.1, 0.15) is 0 Å². The monoisotopic (exact) mass is 334 g/mol. The highest BCUT2D eigenvalue weighted by Gasteiger charge is 1.97. The van der Waals surface area contributed by atoms with Crippen LogP contribution in [0.25, 0.3) is 12.2 Å². The first-order valence-electron chi connectivity index (χ1n) is 5.67. The Morgan fingerprint density at radius 3 is 2.18 bits per heavy atom. The van der Waals surface area contributed by atoms with E-state index in [0.29, 0.717) is 0 Å². The molecule has 0 aliphatic carbocycles. The van der Waals surface area contributed by atoms with Crippen molar-refractivity contribution in [2.45, 2.75) is 13.8 Å². The first kappa shape index (κ1) is 12.4. The van der Waals surface area contributed by atoms with Crippen molar-refractivity contribution in [3.8, 4) is 0 Å². The average Bonchev–Trinajstić information content (AvgIpc) is 2.28. The van der Waals surface area contributed by atoms with Crippen LogP contribution in [-0.4, -0.2) is 0 Å². The molecule has 0 bridgehead atoms. The Morgan fingerprint density at radius 1 is 0.882 bits per heavy atom. The number of benzene rings is 2. The van der Waals surface area contributed by atoms with Gasteiger partial charge < -0.3 is 0 Å². The van der Waals surface area contributed by atoms with Gasteiger partial charge in [-0.15, -0.1) is 0 Å². The van der Waals surface area contributed by atoms with Crippen LogP contribution in [0.5, 0.6) is 0 Å². The highest BCUT2D eigenvalue weighted by molar-refractivity contribution is 14.1. The molecule has 0 radical (unpaired) electrons. The molecule has 86 valence electrons. The molecular formula is C16H15I. The minimum atomic E-state index is 1.25. The molecule has 0 fully saturated rings. The molecule has 0 aliphatic heterocycles. The fourth-order valence-corrected chi connectivity index (χ4v) is 2.45. The minimum Gasteiger partial charge on any atom is -0.0617 e. The maximum absolute atomic E-state index is 2.34. The second-order valence-electron chi connectivity index (χ2n) is 4.19. The molecule has 2 rings (SSSR count). The van der Waals surface area contributed by atoms with Gasteiger partial charge in [0.2, 0.25) is 0 Å². The Balaban J connectivity index is 2.32. The van der Waals surface area contributed by atoms with Crippen LogP contribution in [0.3, 0.4) is 0 Å². The van der Waals surface area contributed by atoms with Crippen LogP contribution in [0, 0.1) is 17.4 Å². The lowest BCUT2D eigenvalue weighted by Gasteiger charge is -2.04. The van der Waals surface area contributed by atoms with Crippen LogP contribution in [-0.2, 0) is 0 Å². The topological polar surface area (TPSA) is 0 Å². The summed E-state index contributed by atoms with van der Waals surface area (Å²) >= 11 is 2.34. The molecule has 0 unspecified atom stereocenters. The summed E-state index contributed by atoms with van der Waals surface area (Å²) < 4.78 is 1.27. The zero-order valence-electron chi connectivity index (χ0n) is 10.1. The SMILES string of the molecule is Cc1cccc(C)c1/C=C/c1cccc(I)c1. The summed E-state index contributed by atoms with van der Waals surface area (Å²) in [5.74, 6) is 0. The van der Waals surface area contributed by atoms with Crippen LogP contribution in [0.4, 0.5) is 0 Å². The number of halogens is 1. The van der Waals surface area contributed by atoms with Crippen molar-refractivity contribution in [1.29, 1.82) is 0 Å². The molecule has 0 nitrogen and oxygen atoms in total. The van der Waals surface area contributed by atoms with Gasteiger partial charge in [0.25, 0.3) is 0 Å². The molecular weight excluding hydrogens is 319 g/mol. The van der Waals surface area contributed by atoms with Crippen LogP contribution < -0.4 is 0 Å². The minimum absolute atomic E-state index is 1.25. The molecule has 0 amide bonds. The van der Waals surface area contributed by atoms with E-state index in [2.05, 4.69) is 91.1 Å². The molecule has 0 spiro atoms. The fraction of sp³-hybridized carbons (Fsp3) is 0.125. The summed E-state index contributed by atoms with van der Waals surface area (Å²) in [4.78, 5) is 0. The van der Waals surface area contributed by atoms with E-state index in [-0.39, 0.29) is 0 Å². The van der Waals surface area contributed by atoms with Gasteiger partial charge in [0.15, 0.2) is 0 Å². The first-order valence-corrected chi connectivity index (χ1v) is 6.74. The number of aryl methyl sites for hydroxylation is 2. The van der Waals surface area contributed by atoms with Crippen molar-refractivity contribution in [2.24, 2.45) is 0 Å². The van der Waals surface area contributed by atoms with E-state index in [0.717, 1.165) is 0 Å². The van der Waals surface area contributed by atoms with Crippen LogP contribution in [0.2, 0.25) is 0 Å². The van der Waals surface area contributed by atoms with Gasteiger partial charge in [-0.25, -0.2) is 0 Å².